The van der Waals surface area contributed by atoms with Gasteiger partial charge in [0.2, 0.25) is 0 Å². The molecule has 1 aromatic carbocycles. The van der Waals surface area contributed by atoms with Gasteiger partial charge in [0.05, 0.1) is 30.5 Å². The summed E-state index contributed by atoms with van der Waals surface area (Å²) in [6.07, 6.45) is 3.38. The van der Waals surface area contributed by atoms with Crippen LogP contribution in [0, 0.1) is 0 Å². The number of halogens is 1. The third kappa shape index (κ3) is 3.74. The zero-order valence-electron chi connectivity index (χ0n) is 13.3. The molecule has 0 N–H and O–H groups in total. The van der Waals surface area contributed by atoms with Gasteiger partial charge in [0.1, 0.15) is 0 Å². The van der Waals surface area contributed by atoms with Crippen molar-refractivity contribution < 1.29 is 9.53 Å². The Bertz CT molecular complexity index is 711. The van der Waals surface area contributed by atoms with Gasteiger partial charge in [-0.3, -0.25) is 9.48 Å². The largest absolute Gasteiger partial charge is 0.372 e. The van der Waals surface area contributed by atoms with Crippen LogP contribution in [0.15, 0.2) is 36.7 Å². The topological polar surface area (TPSA) is 47.4 Å². The quantitative estimate of drug-likeness (QED) is 0.867. The van der Waals surface area contributed by atoms with E-state index in [9.17, 15) is 4.79 Å². The van der Waals surface area contributed by atoms with Crippen molar-refractivity contribution in [2.45, 2.75) is 26.0 Å². The first-order valence-corrected chi connectivity index (χ1v) is 8.01. The van der Waals surface area contributed by atoms with Crippen molar-refractivity contribution >= 4 is 17.5 Å². The molecule has 1 saturated heterocycles. The summed E-state index contributed by atoms with van der Waals surface area (Å²) in [5, 5.41) is 4.98. The molecule has 0 atom stereocenters. The fraction of sp³-hybridized carbons (Fsp3) is 0.412. The van der Waals surface area contributed by atoms with Crippen LogP contribution in [0.2, 0.25) is 5.02 Å². The Morgan fingerprint density at radius 1 is 1.39 bits per heavy atom. The molecule has 0 spiro atoms. The zero-order chi connectivity index (χ0) is 16.4. The number of hydrogen-bond acceptors (Lipinski definition) is 3. The van der Waals surface area contributed by atoms with Crippen molar-refractivity contribution in [3.05, 3.63) is 52.8 Å². The Balaban J connectivity index is 1.71. The van der Waals surface area contributed by atoms with Gasteiger partial charge in [0.25, 0.3) is 5.91 Å². The van der Waals surface area contributed by atoms with Gasteiger partial charge in [-0.2, -0.15) is 5.10 Å². The summed E-state index contributed by atoms with van der Waals surface area (Å²) in [7, 11) is 0. The molecule has 2 heterocycles. The molecular weight excluding hydrogens is 314 g/mol. The standard InChI is InChI=1S/C17H20ClN3O2/c1-17(2)12-20(7-8-23-17)16(22)14-9-19-21(11-14)10-13-5-3-4-6-15(13)18/h3-6,9,11H,7-8,10,12H2,1-2H3. The molecule has 0 radical (unpaired) electrons. The summed E-state index contributed by atoms with van der Waals surface area (Å²) in [6, 6.07) is 7.63. The van der Waals surface area contributed by atoms with Crippen molar-refractivity contribution in [3.8, 4) is 0 Å². The first kappa shape index (κ1) is 16.0. The molecule has 1 aromatic heterocycles. The minimum Gasteiger partial charge on any atom is -0.372 e. The van der Waals surface area contributed by atoms with E-state index in [4.69, 9.17) is 16.3 Å². The molecule has 5 nitrogen and oxygen atoms in total. The SMILES string of the molecule is CC1(C)CN(C(=O)c2cnn(Cc3ccccc3Cl)c2)CCO1. The predicted octanol–water partition coefficient (Wildman–Crippen LogP) is 2.84. The maximum atomic E-state index is 12.6. The molecule has 1 aliphatic rings. The Labute approximate surface area is 140 Å². The van der Waals surface area contributed by atoms with Crippen LogP contribution in [0.5, 0.6) is 0 Å². The number of ether oxygens (including phenoxy) is 1. The number of aromatic nitrogens is 2. The zero-order valence-corrected chi connectivity index (χ0v) is 14.1. The van der Waals surface area contributed by atoms with E-state index in [2.05, 4.69) is 5.10 Å². The molecule has 1 aliphatic heterocycles. The molecule has 0 aliphatic carbocycles. The Kier molecular flexibility index (Phi) is 4.41. The van der Waals surface area contributed by atoms with Crippen LogP contribution >= 0.6 is 11.6 Å². The number of benzene rings is 1. The van der Waals surface area contributed by atoms with Crippen molar-refractivity contribution in [1.82, 2.24) is 14.7 Å². The molecule has 6 heteroatoms. The van der Waals surface area contributed by atoms with Crippen molar-refractivity contribution in [2.24, 2.45) is 0 Å². The second-order valence-electron chi connectivity index (χ2n) is 6.35. The predicted molar refractivity (Wildman–Crippen MR) is 88.7 cm³/mol. The summed E-state index contributed by atoms with van der Waals surface area (Å²) >= 11 is 6.17. The van der Waals surface area contributed by atoms with Crippen molar-refractivity contribution in [2.75, 3.05) is 19.7 Å². The van der Waals surface area contributed by atoms with Crippen LogP contribution in [0.25, 0.3) is 0 Å². The van der Waals surface area contributed by atoms with E-state index in [1.165, 1.54) is 0 Å². The fourth-order valence-corrected chi connectivity index (χ4v) is 2.93. The third-order valence-corrected chi connectivity index (χ3v) is 4.25. The lowest BCUT2D eigenvalue weighted by Gasteiger charge is -2.37. The Hall–Kier alpha value is -1.85. The number of carbonyl (C=O) groups is 1. The summed E-state index contributed by atoms with van der Waals surface area (Å²) in [6.45, 7) is 6.29. The van der Waals surface area contributed by atoms with Gasteiger partial charge in [-0.1, -0.05) is 29.8 Å². The van der Waals surface area contributed by atoms with Gasteiger partial charge in [-0.25, -0.2) is 0 Å². The van der Waals surface area contributed by atoms with Crippen LogP contribution in [-0.4, -0.2) is 45.9 Å². The molecule has 0 bridgehead atoms. The van der Waals surface area contributed by atoms with E-state index < -0.39 is 0 Å². The van der Waals surface area contributed by atoms with Gasteiger partial charge in [0, 0.05) is 24.3 Å². The van der Waals surface area contributed by atoms with Crippen molar-refractivity contribution in [3.63, 3.8) is 0 Å². The molecule has 0 saturated carbocycles. The van der Waals surface area contributed by atoms with Crippen LogP contribution in [0.3, 0.4) is 0 Å². The molecule has 122 valence electrons. The molecule has 3 rings (SSSR count). The van der Waals surface area contributed by atoms with Crippen LogP contribution in [-0.2, 0) is 11.3 Å². The van der Waals surface area contributed by atoms with Gasteiger partial charge in [-0.15, -0.1) is 0 Å². The first-order valence-electron chi connectivity index (χ1n) is 7.64. The van der Waals surface area contributed by atoms with E-state index in [-0.39, 0.29) is 11.5 Å². The third-order valence-electron chi connectivity index (χ3n) is 3.88. The normalized spacial score (nSPS) is 17.3. The minimum absolute atomic E-state index is 0.00761. The molecule has 0 unspecified atom stereocenters. The van der Waals surface area contributed by atoms with Gasteiger partial charge in [-0.05, 0) is 25.5 Å². The number of morpholine rings is 1. The van der Waals surface area contributed by atoms with E-state index >= 15 is 0 Å². The second kappa shape index (κ2) is 6.34. The highest BCUT2D eigenvalue weighted by Crippen LogP contribution is 2.19. The number of hydrogen-bond donors (Lipinski definition) is 0. The van der Waals surface area contributed by atoms with E-state index in [1.54, 1.807) is 17.1 Å². The average molecular weight is 334 g/mol. The minimum atomic E-state index is -0.304. The first-order chi connectivity index (χ1) is 10.9. The summed E-state index contributed by atoms with van der Waals surface area (Å²) < 4.78 is 7.39. The lowest BCUT2D eigenvalue weighted by molar-refractivity contribution is -0.0764. The molecule has 2 aromatic rings. The van der Waals surface area contributed by atoms with Gasteiger partial charge < -0.3 is 9.64 Å². The molecule has 23 heavy (non-hydrogen) atoms. The van der Waals surface area contributed by atoms with Crippen LogP contribution in [0.4, 0.5) is 0 Å². The van der Waals surface area contributed by atoms with Crippen LogP contribution in [0.1, 0.15) is 29.8 Å². The fourth-order valence-electron chi connectivity index (χ4n) is 2.73. The Morgan fingerprint density at radius 2 is 2.17 bits per heavy atom. The highest BCUT2D eigenvalue weighted by molar-refractivity contribution is 6.31. The van der Waals surface area contributed by atoms with Gasteiger partial charge >= 0.3 is 0 Å². The Morgan fingerprint density at radius 3 is 2.91 bits per heavy atom. The summed E-state index contributed by atoms with van der Waals surface area (Å²) in [5.74, 6) is -0.00761. The van der Waals surface area contributed by atoms with Gasteiger partial charge in [0.15, 0.2) is 0 Å². The lowest BCUT2D eigenvalue weighted by Crippen LogP contribution is -2.50. The number of amides is 1. The summed E-state index contributed by atoms with van der Waals surface area (Å²) in [4.78, 5) is 14.4. The summed E-state index contributed by atoms with van der Waals surface area (Å²) in [5.41, 5.74) is 1.26. The van der Waals surface area contributed by atoms with E-state index in [0.29, 0.717) is 36.8 Å². The number of carbonyl (C=O) groups excluding carboxylic acids is 1. The second-order valence-corrected chi connectivity index (χ2v) is 6.76. The maximum Gasteiger partial charge on any atom is 0.257 e. The van der Waals surface area contributed by atoms with E-state index in [0.717, 1.165) is 5.56 Å². The van der Waals surface area contributed by atoms with E-state index in [1.807, 2.05) is 43.0 Å². The average Bonchev–Trinajstić information content (AvgIpc) is 2.96. The number of rotatable bonds is 3. The maximum absolute atomic E-state index is 12.6. The highest BCUT2D eigenvalue weighted by Gasteiger charge is 2.30. The molecular formula is C17H20ClN3O2. The molecule has 1 fully saturated rings. The van der Waals surface area contributed by atoms with Crippen LogP contribution < -0.4 is 0 Å². The molecule has 1 amide bonds. The van der Waals surface area contributed by atoms with Crippen molar-refractivity contribution in [1.29, 1.82) is 0 Å². The highest BCUT2D eigenvalue weighted by atomic mass is 35.5. The number of nitrogens with zero attached hydrogens (tertiary/aromatic N) is 3. The smallest absolute Gasteiger partial charge is 0.257 e. The monoisotopic (exact) mass is 333 g/mol. The lowest BCUT2D eigenvalue weighted by atomic mass is 10.1.